The van der Waals surface area contributed by atoms with Gasteiger partial charge in [-0.1, -0.05) is 152 Å². The molecule has 242 valence electrons. The highest BCUT2D eigenvalue weighted by Crippen LogP contribution is 2.39. The highest BCUT2D eigenvalue weighted by atomic mass is 15.0. The summed E-state index contributed by atoms with van der Waals surface area (Å²) in [5, 5.41) is 8.71. The standard InChI is InChI=1S/C48H30N4/c1-3-13-31(14-4-1)46-50-47(32-15-5-2-6-16-32)52-48(51-46)35-18-11-17-33(27-35)36-29-44-37(23-12-24-45(44)49-30-36)34-25-26-42-40-21-8-7-19-38(40)39-20-9-10-22-41(39)43(42)28-34/h1-30H. The number of nitrogens with zero attached hydrogens (tertiary/aromatic N) is 4. The average molecular weight is 663 g/mol. The zero-order valence-electron chi connectivity index (χ0n) is 28.1. The lowest BCUT2D eigenvalue weighted by atomic mass is 9.91. The largest absolute Gasteiger partial charge is 0.256 e. The number of hydrogen-bond acceptors (Lipinski definition) is 4. The molecule has 2 heterocycles. The highest BCUT2D eigenvalue weighted by molar-refractivity contribution is 6.26. The molecule has 52 heavy (non-hydrogen) atoms. The van der Waals surface area contributed by atoms with E-state index in [1.165, 1.54) is 37.9 Å². The van der Waals surface area contributed by atoms with Crippen LogP contribution >= 0.6 is 0 Å². The van der Waals surface area contributed by atoms with Crippen LogP contribution in [-0.2, 0) is 0 Å². The van der Waals surface area contributed by atoms with E-state index in [2.05, 4.69) is 115 Å². The number of aromatic nitrogens is 4. The van der Waals surface area contributed by atoms with Crippen LogP contribution in [0.2, 0.25) is 0 Å². The second kappa shape index (κ2) is 12.4. The fourth-order valence-corrected chi connectivity index (χ4v) is 7.41. The molecule has 0 unspecified atom stereocenters. The lowest BCUT2D eigenvalue weighted by Crippen LogP contribution is -2.00. The first-order chi connectivity index (χ1) is 25.8. The fraction of sp³-hybridized carbons (Fsp3) is 0. The van der Waals surface area contributed by atoms with E-state index in [0.717, 1.165) is 44.3 Å². The Morgan fingerprint density at radius 3 is 1.38 bits per heavy atom. The molecular weight excluding hydrogens is 633 g/mol. The highest BCUT2D eigenvalue weighted by Gasteiger charge is 2.15. The molecule has 10 aromatic rings. The van der Waals surface area contributed by atoms with Gasteiger partial charge in [0.25, 0.3) is 0 Å². The summed E-state index contributed by atoms with van der Waals surface area (Å²) in [6.45, 7) is 0. The van der Waals surface area contributed by atoms with Crippen LogP contribution in [0.5, 0.6) is 0 Å². The van der Waals surface area contributed by atoms with E-state index in [0.29, 0.717) is 17.5 Å². The van der Waals surface area contributed by atoms with Crippen LogP contribution in [0.25, 0.3) is 99.6 Å². The maximum atomic E-state index is 4.97. The summed E-state index contributed by atoms with van der Waals surface area (Å²) in [5.41, 5.74) is 8.15. The van der Waals surface area contributed by atoms with Gasteiger partial charge >= 0.3 is 0 Å². The van der Waals surface area contributed by atoms with Crippen LogP contribution in [-0.4, -0.2) is 19.9 Å². The quantitative estimate of drug-likeness (QED) is 0.172. The summed E-state index contributed by atoms with van der Waals surface area (Å²) < 4.78 is 0. The van der Waals surface area contributed by atoms with E-state index in [9.17, 15) is 0 Å². The molecule has 0 spiro atoms. The van der Waals surface area contributed by atoms with Gasteiger partial charge < -0.3 is 0 Å². The van der Waals surface area contributed by atoms with Gasteiger partial charge in [0, 0.05) is 33.8 Å². The molecule has 8 aromatic carbocycles. The van der Waals surface area contributed by atoms with E-state index in [1.54, 1.807) is 0 Å². The van der Waals surface area contributed by atoms with E-state index < -0.39 is 0 Å². The molecule has 0 aliphatic heterocycles. The lowest BCUT2D eigenvalue weighted by molar-refractivity contribution is 1.07. The first-order valence-corrected chi connectivity index (χ1v) is 17.5. The van der Waals surface area contributed by atoms with Crippen molar-refractivity contribution < 1.29 is 0 Å². The molecule has 10 rings (SSSR count). The van der Waals surface area contributed by atoms with Crippen molar-refractivity contribution in [2.75, 3.05) is 0 Å². The Bertz CT molecular complexity index is 2860. The van der Waals surface area contributed by atoms with Gasteiger partial charge in [-0.3, -0.25) is 4.98 Å². The summed E-state index contributed by atoms with van der Waals surface area (Å²) in [6.07, 6.45) is 1.96. The molecule has 4 heteroatoms. The van der Waals surface area contributed by atoms with Gasteiger partial charge in [0.15, 0.2) is 17.5 Å². The van der Waals surface area contributed by atoms with Gasteiger partial charge in [-0.05, 0) is 73.3 Å². The van der Waals surface area contributed by atoms with Gasteiger partial charge in [-0.15, -0.1) is 0 Å². The zero-order valence-corrected chi connectivity index (χ0v) is 28.1. The minimum Gasteiger partial charge on any atom is -0.256 e. The Kier molecular flexibility index (Phi) is 7.10. The van der Waals surface area contributed by atoms with Gasteiger partial charge in [-0.2, -0.15) is 0 Å². The number of pyridine rings is 1. The molecule has 2 aromatic heterocycles. The van der Waals surface area contributed by atoms with Crippen LogP contribution in [0.15, 0.2) is 182 Å². The molecule has 0 fully saturated rings. The molecule has 0 amide bonds. The Labute approximate surface area is 300 Å². The second-order valence-corrected chi connectivity index (χ2v) is 13.1. The third-order valence-electron chi connectivity index (χ3n) is 9.93. The summed E-state index contributed by atoms with van der Waals surface area (Å²) in [7, 11) is 0. The third kappa shape index (κ3) is 5.17. The van der Waals surface area contributed by atoms with Crippen molar-refractivity contribution >= 4 is 43.2 Å². The maximum Gasteiger partial charge on any atom is 0.164 e. The Balaban J connectivity index is 1.10. The Morgan fingerprint density at radius 1 is 0.269 bits per heavy atom. The van der Waals surface area contributed by atoms with Crippen molar-refractivity contribution in [3.63, 3.8) is 0 Å². The van der Waals surface area contributed by atoms with Crippen LogP contribution in [0.1, 0.15) is 0 Å². The van der Waals surface area contributed by atoms with Crippen LogP contribution in [0, 0.1) is 0 Å². The molecule has 0 aliphatic carbocycles. The molecule has 0 N–H and O–H groups in total. The first kappa shape index (κ1) is 29.8. The number of fused-ring (bicyclic) bond motifs is 7. The van der Waals surface area contributed by atoms with Crippen molar-refractivity contribution in [3.05, 3.63) is 182 Å². The Morgan fingerprint density at radius 2 is 0.750 bits per heavy atom. The minimum atomic E-state index is 0.625. The van der Waals surface area contributed by atoms with Gasteiger partial charge in [-0.25, -0.2) is 15.0 Å². The number of rotatable bonds is 5. The molecule has 0 radical (unpaired) electrons. The molecule has 0 atom stereocenters. The summed E-state index contributed by atoms with van der Waals surface area (Å²) >= 11 is 0. The van der Waals surface area contributed by atoms with Gasteiger partial charge in [0.05, 0.1) is 5.52 Å². The van der Waals surface area contributed by atoms with E-state index in [4.69, 9.17) is 19.9 Å². The molecule has 0 saturated carbocycles. The number of hydrogen-bond donors (Lipinski definition) is 0. The predicted molar refractivity (Wildman–Crippen MR) is 215 cm³/mol. The van der Waals surface area contributed by atoms with E-state index in [-0.39, 0.29) is 0 Å². The molecule has 0 bridgehead atoms. The summed E-state index contributed by atoms with van der Waals surface area (Å²) in [6, 6.07) is 61.5. The van der Waals surface area contributed by atoms with Crippen LogP contribution in [0.3, 0.4) is 0 Å². The topological polar surface area (TPSA) is 51.6 Å². The van der Waals surface area contributed by atoms with Crippen molar-refractivity contribution in [1.29, 1.82) is 0 Å². The van der Waals surface area contributed by atoms with E-state index >= 15 is 0 Å². The minimum absolute atomic E-state index is 0.625. The Hall–Kier alpha value is -7.04. The smallest absolute Gasteiger partial charge is 0.164 e. The van der Waals surface area contributed by atoms with E-state index in [1.807, 2.05) is 66.9 Å². The molecule has 0 aliphatic rings. The van der Waals surface area contributed by atoms with Crippen LogP contribution in [0.4, 0.5) is 0 Å². The van der Waals surface area contributed by atoms with Crippen LogP contribution < -0.4 is 0 Å². The molecule has 4 nitrogen and oxygen atoms in total. The number of benzene rings is 8. The van der Waals surface area contributed by atoms with Crippen molar-refractivity contribution in [3.8, 4) is 56.4 Å². The van der Waals surface area contributed by atoms with Crippen molar-refractivity contribution in [1.82, 2.24) is 19.9 Å². The summed E-state index contributed by atoms with van der Waals surface area (Å²) in [4.78, 5) is 19.8. The summed E-state index contributed by atoms with van der Waals surface area (Å²) in [5.74, 6) is 1.91. The average Bonchev–Trinajstić information content (AvgIpc) is 3.23. The lowest BCUT2D eigenvalue weighted by Gasteiger charge is -2.13. The van der Waals surface area contributed by atoms with Crippen molar-refractivity contribution in [2.24, 2.45) is 0 Å². The fourth-order valence-electron chi connectivity index (χ4n) is 7.41. The second-order valence-electron chi connectivity index (χ2n) is 13.1. The SMILES string of the molecule is c1ccc(-c2nc(-c3ccccc3)nc(-c3cccc(-c4cnc5cccc(-c6ccc7c8ccccc8c8ccccc8c7c6)c5c4)c3)n2)cc1. The zero-order chi connectivity index (χ0) is 34.4. The predicted octanol–water partition coefficient (Wildman–Crippen LogP) is 12.2. The molecular formula is C48H30N4. The maximum absolute atomic E-state index is 4.97. The molecule has 0 saturated heterocycles. The first-order valence-electron chi connectivity index (χ1n) is 17.5. The van der Waals surface area contributed by atoms with Gasteiger partial charge in [0.2, 0.25) is 0 Å². The van der Waals surface area contributed by atoms with Crippen molar-refractivity contribution in [2.45, 2.75) is 0 Å². The van der Waals surface area contributed by atoms with Gasteiger partial charge in [0.1, 0.15) is 0 Å². The monoisotopic (exact) mass is 662 g/mol. The third-order valence-corrected chi connectivity index (χ3v) is 9.93. The normalized spacial score (nSPS) is 11.5.